The molecule has 0 fully saturated rings. The van der Waals surface area contributed by atoms with Gasteiger partial charge in [-0.3, -0.25) is 0 Å². The van der Waals surface area contributed by atoms with E-state index in [0.29, 0.717) is 0 Å². The van der Waals surface area contributed by atoms with Crippen molar-refractivity contribution in [2.45, 2.75) is 26.2 Å². The molecule has 0 aliphatic heterocycles. The molecule has 66 valence electrons. The molecular weight excluding hydrogens is 261 g/mol. The van der Waals surface area contributed by atoms with Crippen LogP contribution in [-0.4, -0.2) is 0 Å². The van der Waals surface area contributed by atoms with Gasteiger partial charge in [0.2, 0.25) is 0 Å². The predicted molar refractivity (Wildman–Crippen MR) is 62.2 cm³/mol. The fourth-order valence-corrected chi connectivity index (χ4v) is 1.71. The van der Waals surface area contributed by atoms with Crippen LogP contribution in [-0.2, 0) is 6.42 Å². The van der Waals surface area contributed by atoms with Crippen LogP contribution in [0.3, 0.4) is 0 Å². The largest absolute Gasteiger partial charge is 0.399 e. The maximum Gasteiger partial charge on any atom is 0.0347 e. The molecule has 0 aromatic heterocycles. The van der Waals surface area contributed by atoms with Gasteiger partial charge in [0.05, 0.1) is 0 Å². The van der Waals surface area contributed by atoms with Gasteiger partial charge in [0.25, 0.3) is 0 Å². The lowest BCUT2D eigenvalue weighted by molar-refractivity contribution is 0.796. The first-order chi connectivity index (χ1) is 5.74. The maximum atomic E-state index is 5.83. The summed E-state index contributed by atoms with van der Waals surface area (Å²) in [6.45, 7) is 2.20. The van der Waals surface area contributed by atoms with Crippen molar-refractivity contribution < 1.29 is 0 Å². The minimum atomic E-state index is 0.934. The molecule has 0 unspecified atom stereocenters. The molecule has 0 bridgehead atoms. The third-order valence-corrected chi connectivity index (χ3v) is 2.58. The highest BCUT2D eigenvalue weighted by atomic mass is 127. The van der Waals surface area contributed by atoms with Crippen molar-refractivity contribution in [3.8, 4) is 0 Å². The summed E-state index contributed by atoms with van der Waals surface area (Å²) >= 11 is 2.32. The second-order valence-electron chi connectivity index (χ2n) is 2.95. The van der Waals surface area contributed by atoms with Crippen LogP contribution in [0.4, 0.5) is 5.69 Å². The first-order valence-electron chi connectivity index (χ1n) is 4.28. The van der Waals surface area contributed by atoms with E-state index in [-0.39, 0.29) is 0 Å². The van der Waals surface area contributed by atoms with E-state index in [1.807, 2.05) is 12.1 Å². The fourth-order valence-electron chi connectivity index (χ4n) is 1.16. The molecule has 0 aliphatic carbocycles. The summed E-state index contributed by atoms with van der Waals surface area (Å²) in [6, 6.07) is 6.21. The van der Waals surface area contributed by atoms with Crippen LogP contribution in [0.1, 0.15) is 25.3 Å². The standard InChI is InChI=1S/C10H14IN/c1-2-3-4-8-7-9(11)5-6-10(8)12/h5-7H,2-4,12H2,1H3. The van der Waals surface area contributed by atoms with E-state index in [0.717, 1.165) is 12.1 Å². The minimum Gasteiger partial charge on any atom is -0.399 e. The van der Waals surface area contributed by atoms with E-state index in [1.54, 1.807) is 0 Å². The molecule has 12 heavy (non-hydrogen) atoms. The number of hydrogen-bond donors (Lipinski definition) is 1. The third kappa shape index (κ3) is 2.66. The fraction of sp³-hybridized carbons (Fsp3) is 0.400. The zero-order valence-electron chi connectivity index (χ0n) is 7.31. The second-order valence-corrected chi connectivity index (χ2v) is 4.19. The number of benzene rings is 1. The van der Waals surface area contributed by atoms with Gasteiger partial charge in [0.15, 0.2) is 0 Å². The van der Waals surface area contributed by atoms with Crippen molar-refractivity contribution >= 4 is 28.3 Å². The predicted octanol–water partition coefficient (Wildman–Crippen LogP) is 3.22. The lowest BCUT2D eigenvalue weighted by Crippen LogP contribution is -1.94. The summed E-state index contributed by atoms with van der Waals surface area (Å²) in [6.07, 6.45) is 3.56. The molecule has 1 aromatic carbocycles. The van der Waals surface area contributed by atoms with Gasteiger partial charge in [-0.25, -0.2) is 0 Å². The number of halogens is 1. The molecule has 0 aliphatic rings. The van der Waals surface area contributed by atoms with Gasteiger partial charge < -0.3 is 5.73 Å². The van der Waals surface area contributed by atoms with Crippen LogP contribution >= 0.6 is 22.6 Å². The summed E-state index contributed by atoms with van der Waals surface area (Å²) in [4.78, 5) is 0. The highest BCUT2D eigenvalue weighted by Gasteiger charge is 1.98. The second kappa shape index (κ2) is 4.70. The Morgan fingerprint density at radius 2 is 2.17 bits per heavy atom. The zero-order valence-corrected chi connectivity index (χ0v) is 9.47. The molecule has 0 spiro atoms. The molecular formula is C10H14IN. The Hall–Kier alpha value is -0.250. The molecule has 1 rings (SSSR count). The average molecular weight is 275 g/mol. The zero-order chi connectivity index (χ0) is 8.97. The summed E-state index contributed by atoms with van der Waals surface area (Å²) in [5, 5.41) is 0. The molecule has 2 heteroatoms. The van der Waals surface area contributed by atoms with Crippen molar-refractivity contribution in [3.63, 3.8) is 0 Å². The topological polar surface area (TPSA) is 26.0 Å². The molecule has 1 nitrogen and oxygen atoms in total. The maximum absolute atomic E-state index is 5.83. The quantitative estimate of drug-likeness (QED) is 0.665. The number of anilines is 1. The van der Waals surface area contributed by atoms with Crippen LogP contribution in [0.15, 0.2) is 18.2 Å². The van der Waals surface area contributed by atoms with E-state index in [1.165, 1.54) is 22.0 Å². The lowest BCUT2D eigenvalue weighted by Gasteiger charge is -2.04. The SMILES string of the molecule is CCCCc1cc(I)ccc1N. The van der Waals surface area contributed by atoms with Gasteiger partial charge in [-0.2, -0.15) is 0 Å². The Morgan fingerprint density at radius 1 is 1.42 bits per heavy atom. The van der Waals surface area contributed by atoms with Crippen molar-refractivity contribution in [1.29, 1.82) is 0 Å². The van der Waals surface area contributed by atoms with Crippen LogP contribution in [0.25, 0.3) is 0 Å². The van der Waals surface area contributed by atoms with Gasteiger partial charge in [-0.05, 0) is 59.2 Å². The summed E-state index contributed by atoms with van der Waals surface area (Å²) in [5.74, 6) is 0. The number of unbranched alkanes of at least 4 members (excludes halogenated alkanes) is 1. The molecule has 0 saturated heterocycles. The lowest BCUT2D eigenvalue weighted by atomic mass is 10.1. The molecule has 0 radical (unpaired) electrons. The normalized spacial score (nSPS) is 10.2. The van der Waals surface area contributed by atoms with Gasteiger partial charge >= 0.3 is 0 Å². The van der Waals surface area contributed by atoms with Crippen LogP contribution in [0, 0.1) is 3.57 Å². The average Bonchev–Trinajstić information content (AvgIpc) is 2.07. The number of aryl methyl sites for hydroxylation is 1. The molecule has 0 amide bonds. The van der Waals surface area contributed by atoms with Crippen molar-refractivity contribution in [1.82, 2.24) is 0 Å². The molecule has 2 N–H and O–H groups in total. The molecule has 0 saturated carbocycles. The van der Waals surface area contributed by atoms with E-state index < -0.39 is 0 Å². The Bertz CT molecular complexity index is 258. The highest BCUT2D eigenvalue weighted by molar-refractivity contribution is 14.1. The van der Waals surface area contributed by atoms with Crippen LogP contribution in [0.5, 0.6) is 0 Å². The van der Waals surface area contributed by atoms with E-state index >= 15 is 0 Å². The number of nitrogen functional groups attached to an aromatic ring is 1. The van der Waals surface area contributed by atoms with Crippen molar-refractivity contribution in [2.24, 2.45) is 0 Å². The molecule has 1 aromatic rings. The first-order valence-corrected chi connectivity index (χ1v) is 5.36. The molecule has 0 atom stereocenters. The monoisotopic (exact) mass is 275 g/mol. The van der Waals surface area contributed by atoms with E-state index in [2.05, 4.69) is 35.6 Å². The Kier molecular flexibility index (Phi) is 3.85. The number of rotatable bonds is 3. The minimum absolute atomic E-state index is 0.934. The Balaban J connectivity index is 2.75. The summed E-state index contributed by atoms with van der Waals surface area (Å²) in [5.41, 5.74) is 8.06. The van der Waals surface area contributed by atoms with Gasteiger partial charge in [-0.15, -0.1) is 0 Å². The van der Waals surface area contributed by atoms with E-state index in [4.69, 9.17) is 5.73 Å². The Morgan fingerprint density at radius 3 is 2.83 bits per heavy atom. The van der Waals surface area contributed by atoms with Gasteiger partial charge in [-0.1, -0.05) is 13.3 Å². The number of hydrogen-bond acceptors (Lipinski definition) is 1. The first kappa shape index (κ1) is 9.84. The summed E-state index contributed by atoms with van der Waals surface area (Å²) in [7, 11) is 0. The van der Waals surface area contributed by atoms with Crippen molar-refractivity contribution in [3.05, 3.63) is 27.3 Å². The molecule has 0 heterocycles. The van der Waals surface area contributed by atoms with Crippen LogP contribution < -0.4 is 5.73 Å². The van der Waals surface area contributed by atoms with E-state index in [9.17, 15) is 0 Å². The van der Waals surface area contributed by atoms with Crippen LogP contribution in [0.2, 0.25) is 0 Å². The van der Waals surface area contributed by atoms with Gasteiger partial charge in [0, 0.05) is 9.26 Å². The highest BCUT2D eigenvalue weighted by Crippen LogP contribution is 2.17. The Labute approximate surface area is 87.5 Å². The number of nitrogens with two attached hydrogens (primary N) is 1. The van der Waals surface area contributed by atoms with Gasteiger partial charge in [0.1, 0.15) is 0 Å². The smallest absolute Gasteiger partial charge is 0.0347 e. The third-order valence-electron chi connectivity index (χ3n) is 1.90. The van der Waals surface area contributed by atoms with Crippen molar-refractivity contribution in [2.75, 3.05) is 5.73 Å². The summed E-state index contributed by atoms with van der Waals surface area (Å²) < 4.78 is 1.27.